The number of aliphatic carboxylic acids is 1. The van der Waals surface area contributed by atoms with Crippen molar-refractivity contribution >= 4 is 17.8 Å². The van der Waals surface area contributed by atoms with E-state index in [4.69, 9.17) is 28.4 Å². The molecule has 18 atom stereocenters. The van der Waals surface area contributed by atoms with Gasteiger partial charge in [0.05, 0.1) is 50.7 Å². The van der Waals surface area contributed by atoms with Gasteiger partial charge in [-0.2, -0.15) is 0 Å². The molecule has 570 valence electrons. The minimum Gasteiger partial charge on any atom is -0.477 e. The number of unbranched alkanes of at least 4 members (excludes halogenated alkanes) is 38. The normalized spacial score (nSPS) is 27.4. The summed E-state index contributed by atoms with van der Waals surface area (Å²) in [5, 5.41) is 136. The van der Waals surface area contributed by atoms with Crippen molar-refractivity contribution in [3.8, 4) is 0 Å². The average molecular weight is 1390 g/mol. The van der Waals surface area contributed by atoms with Crippen LogP contribution in [0.3, 0.4) is 0 Å². The van der Waals surface area contributed by atoms with Crippen LogP contribution in [-0.2, 0) is 42.8 Å². The number of aliphatic hydroxyl groups excluding tert-OH is 11. The Morgan fingerprint density at radius 2 is 0.959 bits per heavy atom. The molecule has 0 aromatic rings. The molecule has 23 nitrogen and oxygen atoms in total. The molecule has 23 heteroatoms. The Morgan fingerprint density at radius 3 is 1.39 bits per heavy atom. The second-order valence-corrected chi connectivity index (χ2v) is 28.2. The van der Waals surface area contributed by atoms with Gasteiger partial charge in [-0.25, -0.2) is 4.79 Å². The number of carbonyl (C=O) groups is 3. The Balaban J connectivity index is 1.49. The molecule has 0 spiro atoms. The van der Waals surface area contributed by atoms with Crippen LogP contribution in [0.4, 0.5) is 0 Å². The molecule has 14 N–H and O–H groups in total. The number of amides is 2. The van der Waals surface area contributed by atoms with Crippen molar-refractivity contribution in [3.05, 3.63) is 12.2 Å². The smallest absolute Gasteiger partial charge is 0.364 e. The zero-order chi connectivity index (χ0) is 71.1. The van der Waals surface area contributed by atoms with Gasteiger partial charge in [0.2, 0.25) is 11.8 Å². The Bertz CT molecular complexity index is 2000. The third kappa shape index (κ3) is 35.5. The summed E-state index contributed by atoms with van der Waals surface area (Å²) in [7, 11) is 0. The molecule has 0 aromatic carbocycles. The van der Waals surface area contributed by atoms with Gasteiger partial charge in [-0.05, 0) is 38.5 Å². The lowest BCUT2D eigenvalue weighted by atomic mass is 9.88. The molecule has 3 heterocycles. The second-order valence-electron chi connectivity index (χ2n) is 28.2. The van der Waals surface area contributed by atoms with Gasteiger partial charge < -0.3 is 100 Å². The van der Waals surface area contributed by atoms with E-state index in [1.165, 1.54) is 199 Å². The van der Waals surface area contributed by atoms with E-state index in [1.807, 2.05) is 0 Å². The number of allylic oxidation sites excluding steroid dienone is 2. The zero-order valence-electron chi connectivity index (χ0n) is 60.0. The molecule has 2 amide bonds. The summed E-state index contributed by atoms with van der Waals surface area (Å²) in [5.74, 6) is -6.09. The van der Waals surface area contributed by atoms with E-state index in [0.29, 0.717) is 19.3 Å². The number of rotatable bonds is 60. The average Bonchev–Trinajstić information content (AvgIpc) is 0.758. The fraction of sp³-hybridized carbons (Fsp3) is 0.932. The highest BCUT2D eigenvalue weighted by molar-refractivity contribution is 5.77. The molecule has 3 aliphatic rings. The third-order valence-electron chi connectivity index (χ3n) is 19.7. The lowest BCUT2D eigenvalue weighted by Gasteiger charge is -2.50. The largest absolute Gasteiger partial charge is 0.477 e. The zero-order valence-corrected chi connectivity index (χ0v) is 60.0. The highest BCUT2D eigenvalue weighted by Crippen LogP contribution is 2.39. The van der Waals surface area contributed by atoms with Crippen LogP contribution < -0.4 is 10.6 Å². The van der Waals surface area contributed by atoms with Gasteiger partial charge in [-0.3, -0.25) is 9.59 Å². The summed E-state index contributed by atoms with van der Waals surface area (Å²) in [5.41, 5.74) is 0. The quantitative estimate of drug-likeness (QED) is 0.0199. The highest BCUT2D eigenvalue weighted by Gasteiger charge is 2.60. The standard InChI is InChI=1S/C74H138N2O21/c1-4-6-8-10-12-14-16-18-20-21-22-23-24-25-26-27-28-29-30-31-32-33-34-36-38-40-42-44-46-48-61(84)76-55(56(81)47-45-43-41-39-37-35-19-17-15-13-11-9-7-5-2)53-92-71-66(88)65(87)68(60(52-79)94-71)95-72-67(89)70(64(86)59(51-78)93-72)97-74(73(90)91)49-57(82)62(75-54(3)80)69(96-74)63(85)58(83)50-77/h25-26,55-60,62-72,77-79,81-83,85-89H,4-24,27-53H2,1-3H3,(H,75,80)(H,76,84)(H,90,91)/b26-25-. The lowest BCUT2D eigenvalue weighted by Crippen LogP contribution is -2.70. The summed E-state index contributed by atoms with van der Waals surface area (Å²) < 4.78 is 34.9. The van der Waals surface area contributed by atoms with Crippen molar-refractivity contribution in [2.75, 3.05) is 26.4 Å². The SMILES string of the molecule is CCCCCCCCCCCCCC/C=C\CCCCCCCCCCCCCCCC(=O)NC(COC1OC(CO)C(OC2OC(CO)C(O)C(OC3(C(=O)O)CC(O)C(NC(C)=O)C(C(O)C(O)CO)O3)C2O)C(O)C1O)C(O)CCCCCCCCCCCCCCCC. The molecule has 3 fully saturated rings. The van der Waals surface area contributed by atoms with Crippen LogP contribution in [0.2, 0.25) is 0 Å². The number of hydrogen-bond acceptors (Lipinski definition) is 20. The van der Waals surface area contributed by atoms with Crippen LogP contribution >= 0.6 is 0 Å². The first-order valence-corrected chi connectivity index (χ1v) is 38.5. The molecule has 0 aromatic heterocycles. The molecular formula is C74H138N2O21. The monoisotopic (exact) mass is 1390 g/mol. The third-order valence-corrected chi connectivity index (χ3v) is 19.7. The van der Waals surface area contributed by atoms with E-state index in [2.05, 4.69) is 36.6 Å². The first kappa shape index (κ1) is 88.7. The summed E-state index contributed by atoms with van der Waals surface area (Å²) >= 11 is 0. The van der Waals surface area contributed by atoms with E-state index in [9.17, 15) is 75.7 Å². The molecule has 3 saturated heterocycles. The maximum atomic E-state index is 13.5. The number of carboxylic acids is 1. The number of hydrogen-bond donors (Lipinski definition) is 14. The molecule has 0 saturated carbocycles. The first-order chi connectivity index (χ1) is 46.9. The maximum absolute atomic E-state index is 13.5. The summed E-state index contributed by atoms with van der Waals surface area (Å²) in [6, 6.07) is -2.53. The molecule has 3 rings (SSSR count). The minimum atomic E-state index is -3.08. The van der Waals surface area contributed by atoms with Gasteiger partial charge in [-0.15, -0.1) is 0 Å². The predicted octanol–water partition coefficient (Wildman–Crippen LogP) is 9.02. The van der Waals surface area contributed by atoms with Gasteiger partial charge in [-0.1, -0.05) is 257 Å². The highest BCUT2D eigenvalue weighted by atomic mass is 16.8. The van der Waals surface area contributed by atoms with Crippen LogP contribution in [0, 0.1) is 0 Å². The summed E-state index contributed by atoms with van der Waals surface area (Å²) in [6.07, 6.45) is 26.5. The Hall–Kier alpha value is -2.53. The second kappa shape index (κ2) is 54.2. The lowest BCUT2D eigenvalue weighted by molar-refractivity contribution is -0.386. The van der Waals surface area contributed by atoms with E-state index >= 15 is 0 Å². The minimum absolute atomic E-state index is 0.226. The number of ether oxygens (including phenoxy) is 6. The number of carboxylic acid groups (broad SMARTS) is 1. The Labute approximate surface area is 581 Å². The molecule has 18 unspecified atom stereocenters. The van der Waals surface area contributed by atoms with Gasteiger partial charge in [0.1, 0.15) is 67.1 Å². The van der Waals surface area contributed by atoms with E-state index in [-0.39, 0.29) is 18.9 Å². The summed E-state index contributed by atoms with van der Waals surface area (Å²) in [6.45, 7) is 2.23. The van der Waals surface area contributed by atoms with Crippen LogP contribution in [0.1, 0.15) is 303 Å². The van der Waals surface area contributed by atoms with E-state index < -0.39 is 148 Å². The topological polar surface area (TPSA) is 373 Å². The van der Waals surface area contributed by atoms with Crippen molar-refractivity contribution in [1.29, 1.82) is 0 Å². The first-order valence-electron chi connectivity index (χ1n) is 38.5. The Kier molecular flexibility index (Phi) is 49.5. The van der Waals surface area contributed by atoms with Crippen LogP contribution in [-0.4, -0.2) is 215 Å². The fourth-order valence-corrected chi connectivity index (χ4v) is 13.6. The number of carbonyl (C=O) groups excluding carboxylic acids is 2. The van der Waals surface area contributed by atoms with E-state index in [1.54, 1.807) is 0 Å². The number of nitrogens with one attached hydrogen (secondary N) is 2. The van der Waals surface area contributed by atoms with Crippen molar-refractivity contribution in [2.45, 2.75) is 413 Å². The maximum Gasteiger partial charge on any atom is 0.364 e. The van der Waals surface area contributed by atoms with Crippen molar-refractivity contribution in [1.82, 2.24) is 10.6 Å². The summed E-state index contributed by atoms with van der Waals surface area (Å²) in [4.78, 5) is 38.6. The molecule has 0 aliphatic carbocycles. The van der Waals surface area contributed by atoms with E-state index in [0.717, 1.165) is 58.3 Å². The van der Waals surface area contributed by atoms with Crippen LogP contribution in [0.15, 0.2) is 12.2 Å². The predicted molar refractivity (Wildman–Crippen MR) is 371 cm³/mol. The molecule has 0 bridgehead atoms. The van der Waals surface area contributed by atoms with Gasteiger partial charge in [0, 0.05) is 19.8 Å². The molecular weight excluding hydrogens is 1250 g/mol. The molecule has 97 heavy (non-hydrogen) atoms. The van der Waals surface area contributed by atoms with Crippen molar-refractivity contribution in [2.24, 2.45) is 0 Å². The van der Waals surface area contributed by atoms with Crippen LogP contribution in [0.25, 0.3) is 0 Å². The van der Waals surface area contributed by atoms with Gasteiger partial charge >= 0.3 is 5.97 Å². The van der Waals surface area contributed by atoms with Crippen molar-refractivity contribution < 1.29 is 104 Å². The van der Waals surface area contributed by atoms with Crippen LogP contribution in [0.5, 0.6) is 0 Å². The Morgan fingerprint density at radius 1 is 0.526 bits per heavy atom. The molecule has 0 radical (unpaired) electrons. The van der Waals surface area contributed by atoms with Gasteiger partial charge in [0.25, 0.3) is 5.79 Å². The fourth-order valence-electron chi connectivity index (χ4n) is 13.6. The van der Waals surface area contributed by atoms with Gasteiger partial charge in [0.15, 0.2) is 12.6 Å². The molecule has 3 aliphatic heterocycles. The number of aliphatic hydroxyl groups is 11. The van der Waals surface area contributed by atoms with Crippen molar-refractivity contribution in [3.63, 3.8) is 0 Å².